The lowest BCUT2D eigenvalue weighted by Crippen LogP contribution is -2.19. The van der Waals surface area contributed by atoms with E-state index in [1.807, 2.05) is 13.0 Å². The van der Waals surface area contributed by atoms with Gasteiger partial charge in [-0.25, -0.2) is 0 Å². The summed E-state index contributed by atoms with van der Waals surface area (Å²) >= 11 is 6.26. The number of hydrogen-bond donors (Lipinski definition) is 1. The maximum atomic E-state index is 6.26. The molecule has 1 rings (SSSR count). The molecule has 0 amide bonds. The Morgan fingerprint density at radius 3 is 2.58 bits per heavy atom. The molecule has 0 bridgehead atoms. The molecule has 19 heavy (non-hydrogen) atoms. The number of ether oxygens (including phenoxy) is 1. The fourth-order valence-electron chi connectivity index (χ4n) is 2.56. The van der Waals surface area contributed by atoms with E-state index in [0.29, 0.717) is 6.04 Å². The van der Waals surface area contributed by atoms with Gasteiger partial charge in [-0.1, -0.05) is 24.9 Å². The lowest BCUT2D eigenvalue weighted by molar-refractivity contribution is 0.404. The van der Waals surface area contributed by atoms with Gasteiger partial charge >= 0.3 is 0 Å². The molecular formula is C16H26ClNO. The molecule has 108 valence electrons. The van der Waals surface area contributed by atoms with Crippen LogP contribution in [0.1, 0.15) is 49.3 Å². The summed E-state index contributed by atoms with van der Waals surface area (Å²) in [5.74, 6) is 0.978. The number of aryl methyl sites for hydroxylation is 1. The molecule has 1 atom stereocenters. The van der Waals surface area contributed by atoms with Crippen LogP contribution in [0.25, 0.3) is 0 Å². The first-order valence-electron chi connectivity index (χ1n) is 7.09. The Morgan fingerprint density at radius 2 is 2.00 bits per heavy atom. The lowest BCUT2D eigenvalue weighted by Gasteiger charge is -2.17. The molecule has 1 aromatic carbocycles. The Balaban J connectivity index is 2.77. The van der Waals surface area contributed by atoms with Gasteiger partial charge in [0.1, 0.15) is 5.75 Å². The van der Waals surface area contributed by atoms with E-state index in [2.05, 4.69) is 13.8 Å². The fourth-order valence-corrected chi connectivity index (χ4v) is 2.84. The van der Waals surface area contributed by atoms with Crippen molar-refractivity contribution in [3.05, 3.63) is 27.8 Å². The third-order valence-corrected chi connectivity index (χ3v) is 4.04. The minimum absolute atomic E-state index is 0.316. The van der Waals surface area contributed by atoms with Crippen LogP contribution in [0.3, 0.4) is 0 Å². The Morgan fingerprint density at radius 1 is 1.32 bits per heavy atom. The zero-order chi connectivity index (χ0) is 14.4. The van der Waals surface area contributed by atoms with Gasteiger partial charge in [-0.05, 0) is 62.3 Å². The monoisotopic (exact) mass is 283 g/mol. The fraction of sp³-hybridized carbons (Fsp3) is 0.625. The zero-order valence-corrected chi connectivity index (χ0v) is 13.3. The number of rotatable bonds is 7. The molecule has 0 heterocycles. The highest BCUT2D eigenvalue weighted by Crippen LogP contribution is 2.33. The molecular weight excluding hydrogens is 258 g/mol. The van der Waals surface area contributed by atoms with Gasteiger partial charge in [0.05, 0.1) is 7.11 Å². The van der Waals surface area contributed by atoms with E-state index in [1.165, 1.54) is 5.56 Å². The highest BCUT2D eigenvalue weighted by atomic mass is 35.5. The average Bonchev–Trinajstić information content (AvgIpc) is 2.35. The van der Waals surface area contributed by atoms with Gasteiger partial charge in [0.2, 0.25) is 0 Å². The van der Waals surface area contributed by atoms with Gasteiger partial charge < -0.3 is 10.5 Å². The largest absolute Gasteiger partial charge is 0.496 e. The summed E-state index contributed by atoms with van der Waals surface area (Å²) < 4.78 is 5.53. The maximum absolute atomic E-state index is 6.26. The summed E-state index contributed by atoms with van der Waals surface area (Å²) in [6.45, 7) is 6.27. The first-order valence-corrected chi connectivity index (χ1v) is 7.47. The van der Waals surface area contributed by atoms with Crippen LogP contribution in [0.2, 0.25) is 5.02 Å². The van der Waals surface area contributed by atoms with E-state index < -0.39 is 0 Å². The molecule has 0 saturated heterocycles. The van der Waals surface area contributed by atoms with Crippen LogP contribution in [-0.2, 0) is 6.42 Å². The van der Waals surface area contributed by atoms with Gasteiger partial charge in [0.15, 0.2) is 0 Å². The Hall–Kier alpha value is -0.730. The summed E-state index contributed by atoms with van der Waals surface area (Å²) in [6, 6.07) is 2.29. The topological polar surface area (TPSA) is 35.2 Å². The third-order valence-electron chi connectivity index (χ3n) is 3.65. The molecule has 0 fully saturated rings. The van der Waals surface area contributed by atoms with Crippen molar-refractivity contribution < 1.29 is 4.74 Å². The van der Waals surface area contributed by atoms with Crippen molar-refractivity contribution >= 4 is 11.6 Å². The summed E-state index contributed by atoms with van der Waals surface area (Å²) in [5.41, 5.74) is 9.53. The standard InChI is InChI=1S/C16H26ClNO/c1-5-7-13(18)8-6-9-14-12(3)15(17)10-11(2)16(14)19-4/h10,13H,5-9,18H2,1-4H3. The van der Waals surface area contributed by atoms with Gasteiger partial charge in [-0.3, -0.25) is 0 Å². The number of hydrogen-bond acceptors (Lipinski definition) is 2. The van der Waals surface area contributed by atoms with Crippen molar-refractivity contribution in [1.29, 1.82) is 0 Å². The molecule has 1 aromatic rings. The summed E-state index contributed by atoms with van der Waals surface area (Å²) in [5, 5.41) is 0.825. The van der Waals surface area contributed by atoms with Gasteiger partial charge in [-0.2, -0.15) is 0 Å². The van der Waals surface area contributed by atoms with Crippen molar-refractivity contribution in [2.75, 3.05) is 7.11 Å². The van der Waals surface area contributed by atoms with Gasteiger partial charge in [-0.15, -0.1) is 0 Å². The molecule has 0 aliphatic carbocycles. The number of benzene rings is 1. The van der Waals surface area contributed by atoms with Crippen LogP contribution in [-0.4, -0.2) is 13.2 Å². The van der Waals surface area contributed by atoms with E-state index in [4.69, 9.17) is 22.1 Å². The lowest BCUT2D eigenvalue weighted by atomic mass is 9.96. The number of nitrogens with two attached hydrogens (primary N) is 1. The van der Waals surface area contributed by atoms with Crippen LogP contribution in [0.5, 0.6) is 5.75 Å². The van der Waals surface area contributed by atoms with Crippen molar-refractivity contribution in [2.24, 2.45) is 5.73 Å². The van der Waals surface area contributed by atoms with Crippen molar-refractivity contribution in [2.45, 2.75) is 58.9 Å². The van der Waals surface area contributed by atoms with Crippen LogP contribution in [0.4, 0.5) is 0 Å². The van der Waals surface area contributed by atoms with Crippen LogP contribution < -0.4 is 10.5 Å². The van der Waals surface area contributed by atoms with Crippen molar-refractivity contribution in [3.8, 4) is 5.75 Å². The van der Waals surface area contributed by atoms with E-state index in [9.17, 15) is 0 Å². The minimum atomic E-state index is 0.316. The molecule has 0 aliphatic rings. The first-order chi connectivity index (χ1) is 9.01. The van der Waals surface area contributed by atoms with Crippen LogP contribution in [0, 0.1) is 13.8 Å². The summed E-state index contributed by atoms with van der Waals surface area (Å²) in [6.07, 6.45) is 5.37. The smallest absolute Gasteiger partial charge is 0.125 e. The molecule has 3 heteroatoms. The predicted molar refractivity (Wildman–Crippen MR) is 83.3 cm³/mol. The van der Waals surface area contributed by atoms with E-state index >= 15 is 0 Å². The molecule has 0 saturated carbocycles. The van der Waals surface area contributed by atoms with Crippen molar-refractivity contribution in [3.63, 3.8) is 0 Å². The van der Waals surface area contributed by atoms with E-state index in [-0.39, 0.29) is 0 Å². The predicted octanol–water partition coefficient (Wildman–Crippen LogP) is 4.42. The quantitative estimate of drug-likeness (QED) is 0.804. The van der Waals surface area contributed by atoms with Crippen LogP contribution >= 0.6 is 11.6 Å². The molecule has 1 unspecified atom stereocenters. The Kier molecular flexibility index (Phi) is 6.67. The third kappa shape index (κ3) is 4.39. The second kappa shape index (κ2) is 7.76. The van der Waals surface area contributed by atoms with E-state index in [1.54, 1.807) is 7.11 Å². The second-order valence-electron chi connectivity index (χ2n) is 5.25. The van der Waals surface area contributed by atoms with Gasteiger partial charge in [0.25, 0.3) is 0 Å². The van der Waals surface area contributed by atoms with Crippen molar-refractivity contribution in [1.82, 2.24) is 0 Å². The molecule has 2 nitrogen and oxygen atoms in total. The Labute approximate surface area is 122 Å². The molecule has 0 radical (unpaired) electrons. The average molecular weight is 284 g/mol. The molecule has 0 spiro atoms. The van der Waals surface area contributed by atoms with Gasteiger partial charge in [0, 0.05) is 11.1 Å². The zero-order valence-electron chi connectivity index (χ0n) is 12.6. The normalized spacial score (nSPS) is 12.5. The number of methoxy groups -OCH3 is 1. The highest BCUT2D eigenvalue weighted by Gasteiger charge is 2.13. The second-order valence-corrected chi connectivity index (χ2v) is 5.66. The molecule has 0 aliphatic heterocycles. The van der Waals surface area contributed by atoms with E-state index in [0.717, 1.165) is 54.0 Å². The highest BCUT2D eigenvalue weighted by molar-refractivity contribution is 6.31. The Bertz CT molecular complexity index is 418. The maximum Gasteiger partial charge on any atom is 0.125 e. The molecule has 0 aromatic heterocycles. The summed E-state index contributed by atoms with van der Waals surface area (Å²) in [4.78, 5) is 0. The van der Waals surface area contributed by atoms with Crippen LogP contribution in [0.15, 0.2) is 6.07 Å². The summed E-state index contributed by atoms with van der Waals surface area (Å²) in [7, 11) is 1.72. The SMILES string of the molecule is CCCC(N)CCCc1c(C)c(Cl)cc(C)c1OC. The molecule has 2 N–H and O–H groups in total. The minimum Gasteiger partial charge on any atom is -0.496 e. The number of halogens is 1. The first kappa shape index (κ1) is 16.3.